The zero-order chi connectivity index (χ0) is 32.8. The number of hydrogen-bond acceptors (Lipinski definition) is 9. The van der Waals surface area contributed by atoms with Crippen LogP contribution in [0, 0.1) is 11.8 Å². The molecule has 5 rings (SSSR count). The van der Waals surface area contributed by atoms with Gasteiger partial charge < -0.3 is 14.5 Å². The molecule has 5 heterocycles. The average molecular weight is 641 g/mol. The van der Waals surface area contributed by atoms with Crippen LogP contribution >= 0.6 is 0 Å². The highest BCUT2D eigenvalue weighted by Gasteiger charge is 2.36. The average Bonchev–Trinajstić information content (AvgIpc) is 3.46. The molecule has 0 radical (unpaired) electrons. The number of rotatable bonds is 8. The molecule has 1 N–H and O–H groups in total. The van der Waals surface area contributed by atoms with Gasteiger partial charge in [0.15, 0.2) is 11.6 Å². The van der Waals surface area contributed by atoms with Crippen LogP contribution in [0.1, 0.15) is 50.2 Å². The lowest BCUT2D eigenvalue weighted by atomic mass is 10.1. The number of carbonyl (C=O) groups excluding carboxylic acids is 3. The second-order valence-electron chi connectivity index (χ2n) is 11.2. The number of ether oxygens (including phenoxy) is 1. The Labute approximate surface area is 263 Å². The number of aromatic nitrogens is 4. The number of amides is 2. The third-order valence-corrected chi connectivity index (χ3v) is 7.98. The summed E-state index contributed by atoms with van der Waals surface area (Å²) in [5.41, 5.74) is 0.225. The number of nitrogens with zero attached hydrogens (tertiary/aromatic N) is 7. The number of pyridine rings is 1. The summed E-state index contributed by atoms with van der Waals surface area (Å²) in [6.45, 7) is 5.87. The lowest BCUT2D eigenvalue weighted by Crippen LogP contribution is -2.48. The van der Waals surface area contributed by atoms with Gasteiger partial charge in [0.1, 0.15) is 11.3 Å². The second-order valence-corrected chi connectivity index (χ2v) is 11.2. The number of halogens is 3. The number of piperazine rings is 1. The fourth-order valence-corrected chi connectivity index (χ4v) is 5.66. The van der Waals surface area contributed by atoms with E-state index in [4.69, 9.17) is 0 Å². The maximum atomic E-state index is 14.3. The first-order valence-corrected chi connectivity index (χ1v) is 15.1. The Hall–Kier alpha value is -4.71. The van der Waals surface area contributed by atoms with Crippen molar-refractivity contribution in [1.82, 2.24) is 29.4 Å². The van der Waals surface area contributed by atoms with Gasteiger partial charge in [-0.1, -0.05) is 5.92 Å². The maximum Gasteiger partial charge on any atom is 0.417 e. The molecule has 2 aliphatic heterocycles. The lowest BCUT2D eigenvalue weighted by Gasteiger charge is -2.34. The molecule has 244 valence electrons. The maximum absolute atomic E-state index is 14.3. The Morgan fingerprint density at radius 1 is 1.02 bits per heavy atom. The van der Waals surface area contributed by atoms with E-state index in [1.54, 1.807) is 22.5 Å². The molecule has 0 atom stereocenters. The molecule has 2 fully saturated rings. The summed E-state index contributed by atoms with van der Waals surface area (Å²) < 4.78 is 48.8. The number of nitrogens with one attached hydrogen (secondary N) is 1. The van der Waals surface area contributed by atoms with Crippen LogP contribution < -0.4 is 10.2 Å². The summed E-state index contributed by atoms with van der Waals surface area (Å²) in [7, 11) is 1.10. The van der Waals surface area contributed by atoms with Crippen LogP contribution in [0.3, 0.4) is 0 Å². The number of Topliss-reactive ketones (excluding diaryl/α,β-unsaturated/α-hetero) is 1. The first-order valence-electron chi connectivity index (χ1n) is 15.1. The Kier molecular flexibility index (Phi) is 10.1. The molecule has 2 aliphatic rings. The Balaban J connectivity index is 1.40. The van der Waals surface area contributed by atoms with Gasteiger partial charge in [0, 0.05) is 71.0 Å². The van der Waals surface area contributed by atoms with Crippen molar-refractivity contribution in [3.05, 3.63) is 35.7 Å². The van der Waals surface area contributed by atoms with E-state index >= 15 is 0 Å². The minimum Gasteiger partial charge on any atom is -0.453 e. The SMILES string of the molecule is CC#CC(=O)CCC(=O)N1CCN(Cc2cc3c(N4CCCCC4)nc(-c4cnc(NC(=O)OC)cc4C(F)(F)F)nn3c2)CC1. The molecule has 0 saturated carbocycles. The number of carbonyl (C=O) groups is 3. The Morgan fingerprint density at radius 3 is 2.43 bits per heavy atom. The first-order chi connectivity index (χ1) is 22.0. The molecule has 15 heteroatoms. The number of methoxy groups -OCH3 is 1. The molecule has 12 nitrogen and oxygen atoms in total. The molecule has 2 amide bonds. The van der Waals surface area contributed by atoms with E-state index in [2.05, 4.69) is 46.8 Å². The standard InChI is InChI=1S/C31H35F3N8O4/c1-3-7-22(43)8-9-27(44)40-14-12-39(13-15-40)19-21-16-25-29(41-10-5-4-6-11-41)37-28(38-42(25)20-21)23-18-35-26(36-30(45)46-2)17-24(23)31(32,33)34/h16-18,20H,4-6,8-15,19H2,1-2H3,(H,35,36,45). The van der Waals surface area contributed by atoms with Gasteiger partial charge in [-0.15, -0.1) is 5.10 Å². The predicted octanol–water partition coefficient (Wildman–Crippen LogP) is 4.00. The van der Waals surface area contributed by atoms with Gasteiger partial charge in [-0.2, -0.15) is 13.2 Å². The van der Waals surface area contributed by atoms with Crippen LogP contribution in [-0.2, 0) is 27.0 Å². The van der Waals surface area contributed by atoms with Crippen LogP contribution in [0.4, 0.5) is 29.6 Å². The molecule has 3 aromatic rings. The molecule has 2 saturated heterocycles. The molecule has 0 bridgehead atoms. The van der Waals surface area contributed by atoms with E-state index in [1.807, 2.05) is 6.07 Å². The molecular weight excluding hydrogens is 605 g/mol. The monoisotopic (exact) mass is 640 g/mol. The number of alkyl halides is 3. The summed E-state index contributed by atoms with van der Waals surface area (Å²) in [6, 6.07) is 2.70. The topological polar surface area (TPSA) is 125 Å². The van der Waals surface area contributed by atoms with Crippen molar-refractivity contribution in [3.63, 3.8) is 0 Å². The van der Waals surface area contributed by atoms with Crippen LogP contribution in [0.25, 0.3) is 16.9 Å². The number of ketones is 1. The minimum atomic E-state index is -4.78. The van der Waals surface area contributed by atoms with Gasteiger partial charge in [0.2, 0.25) is 11.7 Å². The summed E-state index contributed by atoms with van der Waals surface area (Å²) in [5.74, 6) is 4.77. The number of fused-ring (bicyclic) bond motifs is 1. The third kappa shape index (κ3) is 7.74. The Bertz CT molecular complexity index is 1670. The highest BCUT2D eigenvalue weighted by atomic mass is 19.4. The van der Waals surface area contributed by atoms with Crippen molar-refractivity contribution >= 4 is 34.9 Å². The quantitative estimate of drug-likeness (QED) is 0.287. The molecule has 0 aromatic carbocycles. The van der Waals surface area contributed by atoms with Gasteiger partial charge in [-0.3, -0.25) is 19.8 Å². The van der Waals surface area contributed by atoms with E-state index in [-0.39, 0.29) is 41.7 Å². The van der Waals surface area contributed by atoms with E-state index < -0.39 is 17.8 Å². The number of anilines is 2. The van der Waals surface area contributed by atoms with Gasteiger partial charge in [0.05, 0.1) is 18.2 Å². The van der Waals surface area contributed by atoms with Crippen LogP contribution in [0.15, 0.2) is 24.5 Å². The van der Waals surface area contributed by atoms with Crippen molar-refractivity contribution < 1.29 is 32.3 Å². The normalized spacial score (nSPS) is 15.8. The fourth-order valence-electron chi connectivity index (χ4n) is 5.66. The highest BCUT2D eigenvalue weighted by molar-refractivity contribution is 5.97. The van der Waals surface area contributed by atoms with Crippen LogP contribution in [0.2, 0.25) is 0 Å². The zero-order valence-corrected chi connectivity index (χ0v) is 25.7. The lowest BCUT2D eigenvalue weighted by molar-refractivity contribution is -0.137. The van der Waals surface area contributed by atoms with Gasteiger partial charge >= 0.3 is 12.3 Å². The van der Waals surface area contributed by atoms with E-state index in [9.17, 15) is 27.6 Å². The highest BCUT2D eigenvalue weighted by Crippen LogP contribution is 2.38. The molecule has 0 unspecified atom stereocenters. The minimum absolute atomic E-state index is 0.0729. The molecular formula is C31H35F3N8O4. The number of hydrogen-bond donors (Lipinski definition) is 1. The fraction of sp³-hybridized carbons (Fsp3) is 0.484. The predicted molar refractivity (Wildman–Crippen MR) is 163 cm³/mol. The Morgan fingerprint density at radius 2 is 1.76 bits per heavy atom. The van der Waals surface area contributed by atoms with Crippen LogP contribution in [-0.4, -0.2) is 93.5 Å². The second kappa shape index (κ2) is 14.2. The number of piperidine rings is 1. The summed E-state index contributed by atoms with van der Waals surface area (Å²) >= 11 is 0. The summed E-state index contributed by atoms with van der Waals surface area (Å²) in [6.07, 6.45) is 0.248. The molecule has 0 aliphatic carbocycles. The smallest absolute Gasteiger partial charge is 0.417 e. The van der Waals surface area contributed by atoms with E-state index in [0.29, 0.717) is 57.1 Å². The summed E-state index contributed by atoms with van der Waals surface area (Å²) in [5, 5.41) is 6.67. The molecule has 0 spiro atoms. The van der Waals surface area contributed by atoms with E-state index in [1.165, 1.54) is 0 Å². The van der Waals surface area contributed by atoms with Crippen molar-refractivity contribution in [2.45, 2.75) is 51.7 Å². The third-order valence-electron chi connectivity index (χ3n) is 7.98. The van der Waals surface area contributed by atoms with Crippen molar-refractivity contribution in [1.29, 1.82) is 0 Å². The largest absolute Gasteiger partial charge is 0.453 e. The van der Waals surface area contributed by atoms with Gasteiger partial charge in [0.25, 0.3) is 0 Å². The van der Waals surface area contributed by atoms with Crippen LogP contribution in [0.5, 0.6) is 0 Å². The van der Waals surface area contributed by atoms with Crippen molar-refractivity contribution in [2.24, 2.45) is 0 Å². The van der Waals surface area contributed by atoms with Gasteiger partial charge in [-0.25, -0.2) is 19.3 Å². The first kappa shape index (κ1) is 32.7. The molecule has 46 heavy (non-hydrogen) atoms. The molecule has 3 aromatic heterocycles. The summed E-state index contributed by atoms with van der Waals surface area (Å²) in [4.78, 5) is 50.5. The van der Waals surface area contributed by atoms with Crippen molar-refractivity contribution in [2.75, 3.05) is 56.6 Å². The van der Waals surface area contributed by atoms with Crippen molar-refractivity contribution in [3.8, 4) is 23.2 Å². The van der Waals surface area contributed by atoms with Gasteiger partial charge in [-0.05, 0) is 49.8 Å². The zero-order valence-electron chi connectivity index (χ0n) is 25.7. The van der Waals surface area contributed by atoms with E-state index in [0.717, 1.165) is 44.2 Å².